The molecule has 0 saturated carbocycles. The zero-order valence-corrected chi connectivity index (χ0v) is 15.9. The van der Waals surface area contributed by atoms with Crippen LogP contribution in [0.25, 0.3) is 22.4 Å². The molecule has 140 valence electrons. The third kappa shape index (κ3) is 3.23. The van der Waals surface area contributed by atoms with E-state index in [0.29, 0.717) is 5.69 Å². The maximum absolute atomic E-state index is 14.3. The van der Waals surface area contributed by atoms with Gasteiger partial charge < -0.3 is 0 Å². The normalized spacial score (nSPS) is 11.5. The second kappa shape index (κ2) is 7.05. The van der Waals surface area contributed by atoms with Crippen LogP contribution in [0.2, 0.25) is 0 Å². The minimum absolute atomic E-state index is 0.127. The number of nitrogens with zero attached hydrogens (tertiary/aromatic N) is 2. The first-order valence-corrected chi connectivity index (χ1v) is 10.1. The third-order valence-electron chi connectivity index (χ3n) is 4.46. The van der Waals surface area contributed by atoms with E-state index in [4.69, 9.17) is 0 Å². The third-order valence-corrected chi connectivity index (χ3v) is 6.13. The molecule has 0 amide bonds. The fourth-order valence-electron chi connectivity index (χ4n) is 3.12. The summed E-state index contributed by atoms with van der Waals surface area (Å²) in [6.45, 7) is 1.78. The van der Waals surface area contributed by atoms with E-state index in [-0.39, 0.29) is 10.5 Å². The number of halogens is 1. The Labute approximate surface area is 163 Å². The van der Waals surface area contributed by atoms with Gasteiger partial charge in [0, 0.05) is 29.7 Å². The lowest BCUT2D eigenvalue weighted by Gasteiger charge is -2.12. The summed E-state index contributed by atoms with van der Waals surface area (Å²) >= 11 is 0. The number of benzene rings is 2. The Morgan fingerprint density at radius 2 is 1.71 bits per heavy atom. The second-order valence-electron chi connectivity index (χ2n) is 6.45. The topological polar surface area (TPSA) is 52.0 Å². The molecule has 2 aromatic heterocycles. The molecule has 0 spiro atoms. The average Bonchev–Trinajstić information content (AvgIpc) is 3.11. The predicted octanol–water partition coefficient (Wildman–Crippen LogP) is 4.90. The molecule has 0 atom stereocenters. The van der Waals surface area contributed by atoms with E-state index in [2.05, 4.69) is 4.98 Å². The van der Waals surface area contributed by atoms with Crippen LogP contribution in [0.5, 0.6) is 0 Å². The lowest BCUT2D eigenvalue weighted by atomic mass is 10.1. The predicted molar refractivity (Wildman–Crippen MR) is 107 cm³/mol. The second-order valence-corrected chi connectivity index (χ2v) is 8.27. The van der Waals surface area contributed by atoms with Gasteiger partial charge in [-0.15, -0.1) is 0 Å². The Morgan fingerprint density at radius 1 is 0.929 bits per heavy atom. The molecule has 2 aromatic carbocycles. The lowest BCUT2D eigenvalue weighted by Crippen LogP contribution is -2.13. The molecule has 4 aromatic rings. The van der Waals surface area contributed by atoms with E-state index < -0.39 is 15.8 Å². The molecule has 28 heavy (non-hydrogen) atoms. The summed E-state index contributed by atoms with van der Waals surface area (Å²) in [5.74, 6) is -0.471. The van der Waals surface area contributed by atoms with Gasteiger partial charge >= 0.3 is 0 Å². The molecule has 0 bridgehead atoms. The summed E-state index contributed by atoms with van der Waals surface area (Å²) in [6, 6.07) is 18.1. The number of hydrogen-bond acceptors (Lipinski definition) is 3. The van der Waals surface area contributed by atoms with Gasteiger partial charge in [-0.2, -0.15) is 0 Å². The van der Waals surface area contributed by atoms with Crippen LogP contribution in [0.15, 0.2) is 90.2 Å². The lowest BCUT2D eigenvalue weighted by molar-refractivity contribution is 0.587. The van der Waals surface area contributed by atoms with Gasteiger partial charge in [0.25, 0.3) is 10.0 Å². The van der Waals surface area contributed by atoms with Gasteiger partial charge in [0.1, 0.15) is 5.82 Å². The van der Waals surface area contributed by atoms with Crippen molar-refractivity contribution in [1.29, 1.82) is 0 Å². The van der Waals surface area contributed by atoms with Crippen molar-refractivity contribution in [2.24, 2.45) is 0 Å². The van der Waals surface area contributed by atoms with Gasteiger partial charge in [0.05, 0.1) is 10.6 Å². The summed E-state index contributed by atoms with van der Waals surface area (Å²) in [4.78, 5) is 4.21. The van der Waals surface area contributed by atoms with Crippen LogP contribution in [0.1, 0.15) is 5.56 Å². The maximum atomic E-state index is 14.3. The molecule has 0 aliphatic carbocycles. The van der Waals surface area contributed by atoms with Crippen molar-refractivity contribution >= 4 is 10.0 Å². The average molecular weight is 392 g/mol. The molecule has 0 radical (unpaired) electrons. The molecule has 0 unspecified atom stereocenters. The minimum atomic E-state index is -3.91. The summed E-state index contributed by atoms with van der Waals surface area (Å²) in [6.07, 6.45) is 4.84. The van der Waals surface area contributed by atoms with E-state index >= 15 is 0 Å². The summed E-state index contributed by atoms with van der Waals surface area (Å²) < 4.78 is 42.2. The fourth-order valence-corrected chi connectivity index (χ4v) is 4.59. The highest BCUT2D eigenvalue weighted by Crippen LogP contribution is 2.30. The first-order valence-electron chi connectivity index (χ1n) is 8.67. The smallest absolute Gasteiger partial charge is 0.264 e. The van der Waals surface area contributed by atoms with Crippen molar-refractivity contribution < 1.29 is 12.8 Å². The number of rotatable bonds is 4. The Kier molecular flexibility index (Phi) is 4.57. The zero-order valence-electron chi connectivity index (χ0n) is 15.1. The van der Waals surface area contributed by atoms with E-state index in [9.17, 15) is 12.8 Å². The van der Waals surface area contributed by atoms with Crippen molar-refractivity contribution in [3.05, 3.63) is 96.7 Å². The number of aromatic nitrogens is 2. The summed E-state index contributed by atoms with van der Waals surface area (Å²) in [5.41, 5.74) is 2.82. The molecular weight excluding hydrogens is 375 g/mol. The van der Waals surface area contributed by atoms with Crippen LogP contribution in [0.3, 0.4) is 0 Å². The van der Waals surface area contributed by atoms with Crippen LogP contribution >= 0.6 is 0 Å². The number of pyridine rings is 1. The molecule has 2 heterocycles. The number of aryl methyl sites for hydroxylation is 1. The van der Waals surface area contributed by atoms with E-state index in [1.165, 1.54) is 18.3 Å². The van der Waals surface area contributed by atoms with Gasteiger partial charge in [-0.25, -0.2) is 16.8 Å². The van der Waals surface area contributed by atoms with E-state index in [0.717, 1.165) is 20.7 Å². The first kappa shape index (κ1) is 18.1. The van der Waals surface area contributed by atoms with Gasteiger partial charge in [0.15, 0.2) is 0 Å². The fraction of sp³-hybridized carbons (Fsp3) is 0.0455. The molecule has 0 aliphatic rings. The van der Waals surface area contributed by atoms with Crippen molar-refractivity contribution in [2.45, 2.75) is 11.8 Å². The Morgan fingerprint density at radius 3 is 2.46 bits per heavy atom. The van der Waals surface area contributed by atoms with Gasteiger partial charge in [0.2, 0.25) is 0 Å². The molecule has 0 aliphatic heterocycles. The van der Waals surface area contributed by atoms with Crippen LogP contribution in [-0.4, -0.2) is 17.4 Å². The van der Waals surface area contributed by atoms with Crippen molar-refractivity contribution in [1.82, 2.24) is 8.96 Å². The molecule has 4 nitrogen and oxygen atoms in total. The van der Waals surface area contributed by atoms with Crippen LogP contribution in [0, 0.1) is 12.7 Å². The van der Waals surface area contributed by atoms with Gasteiger partial charge in [-0.05, 0) is 54.4 Å². The van der Waals surface area contributed by atoms with Gasteiger partial charge in [-0.1, -0.05) is 30.3 Å². The maximum Gasteiger partial charge on any atom is 0.268 e. The summed E-state index contributed by atoms with van der Waals surface area (Å²) in [7, 11) is -3.91. The molecular formula is C22H17FN2O2S. The highest BCUT2D eigenvalue weighted by Gasteiger charge is 2.23. The minimum Gasteiger partial charge on any atom is -0.264 e. The van der Waals surface area contributed by atoms with Crippen molar-refractivity contribution in [3.63, 3.8) is 0 Å². The van der Waals surface area contributed by atoms with Crippen LogP contribution in [-0.2, 0) is 10.0 Å². The molecule has 4 rings (SSSR count). The largest absolute Gasteiger partial charge is 0.268 e. The SMILES string of the molecule is Cc1cc(-c2ccccc2F)n(S(=O)(=O)c2cccc(-c3cccnc3)c2)c1. The summed E-state index contributed by atoms with van der Waals surface area (Å²) in [5, 5.41) is 0. The Hall–Kier alpha value is -3.25. The monoisotopic (exact) mass is 392 g/mol. The number of hydrogen-bond donors (Lipinski definition) is 0. The van der Waals surface area contributed by atoms with E-state index in [1.807, 2.05) is 12.1 Å². The zero-order chi connectivity index (χ0) is 19.7. The van der Waals surface area contributed by atoms with Crippen molar-refractivity contribution in [2.75, 3.05) is 0 Å². The first-order chi connectivity index (χ1) is 13.5. The quantitative estimate of drug-likeness (QED) is 0.496. The van der Waals surface area contributed by atoms with Crippen LogP contribution < -0.4 is 0 Å². The Balaban J connectivity index is 1.86. The molecule has 0 N–H and O–H groups in total. The standard InChI is InChI=1S/C22H17FN2O2S/c1-16-12-22(20-9-2-3-10-21(20)23)25(15-16)28(26,27)19-8-4-6-17(13-19)18-7-5-11-24-14-18/h2-15H,1H3. The van der Waals surface area contributed by atoms with E-state index in [1.54, 1.807) is 61.8 Å². The van der Waals surface area contributed by atoms with Crippen LogP contribution in [0.4, 0.5) is 4.39 Å². The van der Waals surface area contributed by atoms with Gasteiger partial charge in [-0.3, -0.25) is 4.98 Å². The molecule has 0 fully saturated rings. The Bertz CT molecular complexity index is 1250. The van der Waals surface area contributed by atoms with Crippen molar-refractivity contribution in [3.8, 4) is 22.4 Å². The highest BCUT2D eigenvalue weighted by molar-refractivity contribution is 7.90. The molecule has 0 saturated heterocycles. The highest BCUT2D eigenvalue weighted by atomic mass is 32.2. The molecule has 6 heteroatoms.